The normalized spacial score (nSPS) is 15.3. The quantitative estimate of drug-likeness (QED) is 0.797. The van der Waals surface area contributed by atoms with Crippen LogP contribution in [0.2, 0.25) is 0 Å². The average molecular weight is 242 g/mol. The number of thiazole rings is 1. The highest BCUT2D eigenvalue weighted by molar-refractivity contribution is 7.09. The lowest BCUT2D eigenvalue weighted by Gasteiger charge is -2.29. The Balaban J connectivity index is 2.65. The van der Waals surface area contributed by atoms with Gasteiger partial charge in [-0.05, 0) is 12.5 Å². The van der Waals surface area contributed by atoms with Crippen molar-refractivity contribution in [1.82, 2.24) is 10.3 Å². The van der Waals surface area contributed by atoms with Crippen LogP contribution >= 0.6 is 11.3 Å². The molecule has 0 aliphatic rings. The third-order valence-electron chi connectivity index (χ3n) is 2.67. The van der Waals surface area contributed by atoms with E-state index in [1.807, 2.05) is 11.6 Å². The third-order valence-corrected chi connectivity index (χ3v) is 3.47. The monoisotopic (exact) mass is 242 g/mol. The van der Waals surface area contributed by atoms with Crippen LogP contribution in [-0.2, 0) is 11.2 Å². The lowest BCUT2D eigenvalue weighted by Crippen LogP contribution is -2.45. The van der Waals surface area contributed by atoms with Gasteiger partial charge in [-0.3, -0.25) is 0 Å². The standard InChI is InChI=1S/C12H22N2OS/c1-5-13-10(12(15-4)9(2)3)8-11-14-6-7-16-11/h6-7,9-10,12-13H,5,8H2,1-4H3. The molecule has 1 heterocycles. The van der Waals surface area contributed by atoms with E-state index in [2.05, 4.69) is 31.1 Å². The molecule has 0 spiro atoms. The summed E-state index contributed by atoms with van der Waals surface area (Å²) in [6.45, 7) is 7.48. The summed E-state index contributed by atoms with van der Waals surface area (Å²) in [5.41, 5.74) is 0. The van der Waals surface area contributed by atoms with Crippen molar-refractivity contribution in [3.05, 3.63) is 16.6 Å². The Labute approximate surface area is 102 Å². The Bertz CT molecular complexity index is 275. The van der Waals surface area contributed by atoms with E-state index in [9.17, 15) is 0 Å². The van der Waals surface area contributed by atoms with E-state index in [1.165, 1.54) is 5.01 Å². The SMILES string of the molecule is CCNC(Cc1nccs1)C(OC)C(C)C. The highest BCUT2D eigenvalue weighted by atomic mass is 32.1. The van der Waals surface area contributed by atoms with Gasteiger partial charge in [0.1, 0.15) is 0 Å². The first-order valence-electron chi connectivity index (χ1n) is 5.83. The number of nitrogens with one attached hydrogen (secondary N) is 1. The van der Waals surface area contributed by atoms with Gasteiger partial charge in [-0.2, -0.15) is 0 Å². The van der Waals surface area contributed by atoms with Crippen molar-refractivity contribution in [3.8, 4) is 0 Å². The molecule has 4 heteroatoms. The molecule has 0 aromatic carbocycles. The van der Waals surface area contributed by atoms with Crippen LogP contribution in [0.1, 0.15) is 25.8 Å². The molecular formula is C12H22N2OS. The smallest absolute Gasteiger partial charge is 0.0941 e. The molecule has 1 rings (SSSR count). The molecule has 2 unspecified atom stereocenters. The van der Waals surface area contributed by atoms with E-state index < -0.39 is 0 Å². The molecule has 1 aromatic rings. The molecule has 3 nitrogen and oxygen atoms in total. The molecule has 0 amide bonds. The maximum Gasteiger partial charge on any atom is 0.0941 e. The molecule has 1 N–H and O–H groups in total. The fraction of sp³-hybridized carbons (Fsp3) is 0.750. The zero-order chi connectivity index (χ0) is 12.0. The van der Waals surface area contributed by atoms with Gasteiger partial charge in [0.05, 0.1) is 11.1 Å². The van der Waals surface area contributed by atoms with Gasteiger partial charge in [-0.15, -0.1) is 11.3 Å². The zero-order valence-corrected chi connectivity index (χ0v) is 11.4. The molecule has 0 aliphatic carbocycles. The number of hydrogen-bond acceptors (Lipinski definition) is 4. The molecule has 0 saturated heterocycles. The van der Waals surface area contributed by atoms with E-state index in [1.54, 1.807) is 18.4 Å². The van der Waals surface area contributed by atoms with Crippen molar-refractivity contribution >= 4 is 11.3 Å². The Morgan fingerprint density at radius 2 is 2.25 bits per heavy atom. The maximum absolute atomic E-state index is 5.59. The molecule has 16 heavy (non-hydrogen) atoms. The van der Waals surface area contributed by atoms with Gasteiger partial charge >= 0.3 is 0 Å². The maximum atomic E-state index is 5.59. The van der Waals surface area contributed by atoms with Crippen LogP contribution in [0.15, 0.2) is 11.6 Å². The number of nitrogens with zero attached hydrogens (tertiary/aromatic N) is 1. The second kappa shape index (κ2) is 6.99. The van der Waals surface area contributed by atoms with Gasteiger partial charge < -0.3 is 10.1 Å². The molecular weight excluding hydrogens is 220 g/mol. The Morgan fingerprint density at radius 3 is 2.69 bits per heavy atom. The second-order valence-corrected chi connectivity index (χ2v) is 5.22. The largest absolute Gasteiger partial charge is 0.380 e. The van der Waals surface area contributed by atoms with E-state index in [0.29, 0.717) is 12.0 Å². The fourth-order valence-corrected chi connectivity index (χ4v) is 2.69. The molecule has 0 saturated carbocycles. The van der Waals surface area contributed by atoms with E-state index in [-0.39, 0.29) is 6.10 Å². The minimum absolute atomic E-state index is 0.240. The summed E-state index contributed by atoms with van der Waals surface area (Å²) in [6, 6.07) is 0.348. The number of hydrogen-bond donors (Lipinski definition) is 1. The summed E-state index contributed by atoms with van der Waals surface area (Å²) in [5.74, 6) is 0.508. The first-order valence-corrected chi connectivity index (χ1v) is 6.71. The van der Waals surface area contributed by atoms with Crippen molar-refractivity contribution in [3.63, 3.8) is 0 Å². The van der Waals surface area contributed by atoms with Crippen LogP contribution in [-0.4, -0.2) is 30.8 Å². The average Bonchev–Trinajstić information content (AvgIpc) is 2.71. The predicted molar refractivity (Wildman–Crippen MR) is 68.9 cm³/mol. The van der Waals surface area contributed by atoms with Gasteiger partial charge in [0.15, 0.2) is 0 Å². The lowest BCUT2D eigenvalue weighted by molar-refractivity contribution is 0.0337. The zero-order valence-electron chi connectivity index (χ0n) is 10.6. The first-order chi connectivity index (χ1) is 7.69. The summed E-state index contributed by atoms with van der Waals surface area (Å²) in [5, 5.41) is 6.69. The number of rotatable bonds is 7. The van der Waals surface area contributed by atoms with Crippen molar-refractivity contribution < 1.29 is 4.74 Å². The number of aromatic nitrogens is 1. The number of methoxy groups -OCH3 is 1. The van der Waals surface area contributed by atoms with E-state index in [4.69, 9.17) is 4.74 Å². The van der Waals surface area contributed by atoms with Crippen LogP contribution in [0.4, 0.5) is 0 Å². The summed E-state index contributed by atoms with van der Waals surface area (Å²) >= 11 is 1.71. The topological polar surface area (TPSA) is 34.2 Å². The van der Waals surface area contributed by atoms with Gasteiger partial charge in [0.25, 0.3) is 0 Å². The first kappa shape index (κ1) is 13.6. The summed E-state index contributed by atoms with van der Waals surface area (Å²) in [7, 11) is 1.79. The number of ether oxygens (including phenoxy) is 1. The summed E-state index contributed by atoms with van der Waals surface area (Å²) in [6.07, 6.45) is 3.05. The predicted octanol–water partition coefficient (Wildman–Crippen LogP) is 2.33. The van der Waals surface area contributed by atoms with Crippen molar-refractivity contribution in [1.29, 1.82) is 0 Å². The Morgan fingerprint density at radius 1 is 1.50 bits per heavy atom. The molecule has 2 atom stereocenters. The van der Waals surface area contributed by atoms with Crippen LogP contribution in [0.25, 0.3) is 0 Å². The molecule has 0 bridgehead atoms. The molecule has 0 aliphatic heterocycles. The van der Waals surface area contributed by atoms with Gasteiger partial charge in [-0.1, -0.05) is 20.8 Å². The highest BCUT2D eigenvalue weighted by Crippen LogP contribution is 2.16. The van der Waals surface area contributed by atoms with Gasteiger partial charge in [0, 0.05) is 31.1 Å². The molecule has 0 fully saturated rings. The molecule has 92 valence electrons. The second-order valence-electron chi connectivity index (χ2n) is 4.24. The summed E-state index contributed by atoms with van der Waals surface area (Å²) < 4.78 is 5.59. The fourth-order valence-electron chi connectivity index (χ4n) is 2.01. The van der Waals surface area contributed by atoms with Crippen LogP contribution < -0.4 is 5.32 Å². The van der Waals surface area contributed by atoms with Gasteiger partial charge in [0.2, 0.25) is 0 Å². The Hall–Kier alpha value is -0.450. The molecule has 1 aromatic heterocycles. The molecule has 0 radical (unpaired) electrons. The van der Waals surface area contributed by atoms with Crippen molar-refractivity contribution in [2.24, 2.45) is 5.92 Å². The number of likely N-dealkylation sites (N-methyl/N-ethyl adjacent to an activating group) is 1. The van der Waals surface area contributed by atoms with E-state index >= 15 is 0 Å². The Kier molecular flexibility index (Phi) is 5.95. The minimum Gasteiger partial charge on any atom is -0.380 e. The third kappa shape index (κ3) is 3.85. The van der Waals surface area contributed by atoms with Crippen molar-refractivity contribution in [2.75, 3.05) is 13.7 Å². The van der Waals surface area contributed by atoms with E-state index in [0.717, 1.165) is 13.0 Å². The van der Waals surface area contributed by atoms with Crippen LogP contribution in [0.3, 0.4) is 0 Å². The lowest BCUT2D eigenvalue weighted by atomic mass is 9.97. The minimum atomic E-state index is 0.240. The van der Waals surface area contributed by atoms with Crippen LogP contribution in [0, 0.1) is 5.92 Å². The van der Waals surface area contributed by atoms with Gasteiger partial charge in [-0.25, -0.2) is 4.98 Å². The van der Waals surface area contributed by atoms with Crippen molar-refractivity contribution in [2.45, 2.75) is 39.3 Å². The highest BCUT2D eigenvalue weighted by Gasteiger charge is 2.24. The summed E-state index contributed by atoms with van der Waals surface area (Å²) in [4.78, 5) is 4.34. The van der Waals surface area contributed by atoms with Crippen LogP contribution in [0.5, 0.6) is 0 Å².